The zero-order valence-electron chi connectivity index (χ0n) is 12.2. The SMILES string of the molecule is CNCC1CC(Oc2ccccc2S(=O)(=O)N(C)C)C1. The molecule has 112 valence electrons. The molecule has 0 bridgehead atoms. The van der Waals surface area contributed by atoms with Crippen LogP contribution in [0.4, 0.5) is 0 Å². The molecule has 0 aromatic heterocycles. The van der Waals surface area contributed by atoms with Gasteiger partial charge < -0.3 is 10.1 Å². The fraction of sp³-hybridized carbons (Fsp3) is 0.571. The van der Waals surface area contributed by atoms with Crippen molar-refractivity contribution in [3.05, 3.63) is 24.3 Å². The van der Waals surface area contributed by atoms with Crippen molar-refractivity contribution in [3.63, 3.8) is 0 Å². The number of para-hydroxylation sites is 1. The number of ether oxygens (including phenoxy) is 1. The summed E-state index contributed by atoms with van der Waals surface area (Å²) in [6.45, 7) is 0.984. The molecule has 1 aromatic carbocycles. The van der Waals surface area contributed by atoms with Crippen molar-refractivity contribution in [1.29, 1.82) is 0 Å². The van der Waals surface area contributed by atoms with Gasteiger partial charge in [-0.3, -0.25) is 0 Å². The lowest BCUT2D eigenvalue weighted by Crippen LogP contribution is -2.39. The number of nitrogens with zero attached hydrogens (tertiary/aromatic N) is 1. The molecule has 0 aliphatic heterocycles. The summed E-state index contributed by atoms with van der Waals surface area (Å²) in [7, 11) is 1.52. The van der Waals surface area contributed by atoms with E-state index >= 15 is 0 Å². The Balaban J connectivity index is 2.11. The topological polar surface area (TPSA) is 58.6 Å². The highest BCUT2D eigenvalue weighted by molar-refractivity contribution is 7.89. The van der Waals surface area contributed by atoms with Crippen LogP contribution in [0, 0.1) is 5.92 Å². The highest BCUT2D eigenvalue weighted by Crippen LogP contribution is 2.34. The summed E-state index contributed by atoms with van der Waals surface area (Å²) in [5.41, 5.74) is 0. The summed E-state index contributed by atoms with van der Waals surface area (Å²) in [6, 6.07) is 6.83. The van der Waals surface area contributed by atoms with Gasteiger partial charge in [-0.2, -0.15) is 0 Å². The van der Waals surface area contributed by atoms with Crippen LogP contribution in [0.3, 0.4) is 0 Å². The van der Waals surface area contributed by atoms with E-state index in [0.29, 0.717) is 11.7 Å². The molecule has 0 atom stereocenters. The van der Waals surface area contributed by atoms with Gasteiger partial charge in [-0.05, 0) is 44.5 Å². The molecule has 1 aliphatic carbocycles. The van der Waals surface area contributed by atoms with Crippen molar-refractivity contribution in [1.82, 2.24) is 9.62 Å². The molecule has 1 aliphatic rings. The van der Waals surface area contributed by atoms with Crippen molar-refractivity contribution in [2.45, 2.75) is 23.8 Å². The maximum Gasteiger partial charge on any atom is 0.246 e. The molecule has 2 rings (SSSR count). The van der Waals surface area contributed by atoms with Gasteiger partial charge in [-0.1, -0.05) is 12.1 Å². The van der Waals surface area contributed by atoms with Crippen LogP contribution in [0.2, 0.25) is 0 Å². The zero-order valence-corrected chi connectivity index (χ0v) is 13.0. The van der Waals surface area contributed by atoms with E-state index in [2.05, 4.69) is 5.32 Å². The van der Waals surface area contributed by atoms with Crippen molar-refractivity contribution < 1.29 is 13.2 Å². The van der Waals surface area contributed by atoms with Gasteiger partial charge in [0, 0.05) is 14.1 Å². The smallest absolute Gasteiger partial charge is 0.246 e. The van der Waals surface area contributed by atoms with Gasteiger partial charge in [0.2, 0.25) is 10.0 Å². The van der Waals surface area contributed by atoms with Crippen molar-refractivity contribution >= 4 is 10.0 Å². The molecular formula is C14H22N2O3S. The first-order chi connectivity index (χ1) is 9.45. The predicted molar refractivity (Wildman–Crippen MR) is 78.4 cm³/mol. The molecule has 0 saturated heterocycles. The highest BCUT2D eigenvalue weighted by Gasteiger charge is 2.32. The fourth-order valence-electron chi connectivity index (χ4n) is 2.36. The van der Waals surface area contributed by atoms with Gasteiger partial charge in [-0.15, -0.1) is 0 Å². The van der Waals surface area contributed by atoms with Crippen LogP contribution in [0.1, 0.15) is 12.8 Å². The van der Waals surface area contributed by atoms with Crippen LogP contribution in [-0.4, -0.2) is 46.5 Å². The van der Waals surface area contributed by atoms with Crippen LogP contribution >= 0.6 is 0 Å². The summed E-state index contributed by atoms with van der Waals surface area (Å²) in [6.07, 6.45) is 2.06. The number of benzene rings is 1. The highest BCUT2D eigenvalue weighted by atomic mass is 32.2. The van der Waals surface area contributed by atoms with Crippen LogP contribution in [0.25, 0.3) is 0 Å². The number of hydrogen-bond donors (Lipinski definition) is 1. The van der Waals surface area contributed by atoms with E-state index < -0.39 is 10.0 Å². The Morgan fingerprint density at radius 3 is 2.55 bits per heavy atom. The second kappa shape index (κ2) is 6.11. The third-order valence-electron chi connectivity index (χ3n) is 3.59. The molecule has 0 heterocycles. The quantitative estimate of drug-likeness (QED) is 0.860. The molecular weight excluding hydrogens is 276 g/mol. The minimum absolute atomic E-state index is 0.117. The summed E-state index contributed by atoms with van der Waals surface area (Å²) in [5.74, 6) is 1.08. The van der Waals surface area contributed by atoms with Crippen molar-refractivity contribution in [2.75, 3.05) is 27.7 Å². The van der Waals surface area contributed by atoms with Gasteiger partial charge in [0.1, 0.15) is 10.6 Å². The number of sulfonamides is 1. The Labute approximate surface area is 121 Å². The Morgan fingerprint density at radius 2 is 1.95 bits per heavy atom. The first-order valence-corrected chi connectivity index (χ1v) is 8.22. The summed E-state index contributed by atoms with van der Waals surface area (Å²) in [5, 5.41) is 3.15. The normalized spacial score (nSPS) is 22.6. The summed E-state index contributed by atoms with van der Waals surface area (Å²) >= 11 is 0. The van der Waals surface area contributed by atoms with Crippen LogP contribution in [0.5, 0.6) is 5.75 Å². The standard InChI is InChI=1S/C14H22N2O3S/c1-15-10-11-8-12(9-11)19-13-6-4-5-7-14(13)20(17,18)16(2)3/h4-7,11-12,15H,8-10H2,1-3H3. The van der Waals surface area contributed by atoms with E-state index in [1.165, 1.54) is 18.4 Å². The Hall–Kier alpha value is -1.11. The maximum atomic E-state index is 12.2. The van der Waals surface area contributed by atoms with E-state index in [1.54, 1.807) is 24.3 Å². The van der Waals surface area contributed by atoms with Crippen molar-refractivity contribution in [3.8, 4) is 5.75 Å². The molecule has 0 amide bonds. The number of hydrogen-bond acceptors (Lipinski definition) is 4. The molecule has 5 nitrogen and oxygen atoms in total. The predicted octanol–water partition coefficient (Wildman–Crippen LogP) is 1.31. The minimum Gasteiger partial charge on any atom is -0.489 e. The largest absolute Gasteiger partial charge is 0.489 e. The van der Waals surface area contributed by atoms with E-state index in [9.17, 15) is 8.42 Å². The van der Waals surface area contributed by atoms with Gasteiger partial charge in [0.25, 0.3) is 0 Å². The fourth-order valence-corrected chi connectivity index (χ4v) is 3.38. The number of rotatable bonds is 6. The molecule has 20 heavy (non-hydrogen) atoms. The minimum atomic E-state index is -3.47. The van der Waals surface area contributed by atoms with E-state index in [1.807, 2.05) is 7.05 Å². The van der Waals surface area contributed by atoms with Gasteiger partial charge in [0.15, 0.2) is 0 Å². The van der Waals surface area contributed by atoms with Crippen LogP contribution in [-0.2, 0) is 10.0 Å². The molecule has 1 fully saturated rings. The zero-order chi connectivity index (χ0) is 14.8. The van der Waals surface area contributed by atoms with E-state index in [-0.39, 0.29) is 11.0 Å². The molecule has 0 spiro atoms. The molecule has 1 saturated carbocycles. The van der Waals surface area contributed by atoms with Crippen LogP contribution < -0.4 is 10.1 Å². The average Bonchev–Trinajstić information content (AvgIpc) is 2.36. The molecule has 6 heteroatoms. The lowest BCUT2D eigenvalue weighted by Gasteiger charge is -2.35. The monoisotopic (exact) mass is 298 g/mol. The Bertz CT molecular complexity index is 551. The summed E-state index contributed by atoms with van der Waals surface area (Å²) in [4.78, 5) is 0.238. The van der Waals surface area contributed by atoms with Gasteiger partial charge in [0.05, 0.1) is 6.10 Å². The molecule has 1 N–H and O–H groups in total. The molecule has 0 radical (unpaired) electrons. The Kier molecular flexibility index (Phi) is 4.67. The van der Waals surface area contributed by atoms with Gasteiger partial charge >= 0.3 is 0 Å². The van der Waals surface area contributed by atoms with E-state index in [4.69, 9.17) is 4.74 Å². The lowest BCUT2D eigenvalue weighted by atomic mass is 9.82. The third-order valence-corrected chi connectivity index (χ3v) is 5.44. The second-order valence-electron chi connectivity index (χ2n) is 5.37. The van der Waals surface area contributed by atoms with Crippen molar-refractivity contribution in [2.24, 2.45) is 5.92 Å². The second-order valence-corrected chi connectivity index (χ2v) is 7.49. The molecule has 0 unspecified atom stereocenters. The van der Waals surface area contributed by atoms with Crippen LogP contribution in [0.15, 0.2) is 29.2 Å². The third kappa shape index (κ3) is 3.13. The summed E-state index contributed by atoms with van der Waals surface area (Å²) < 4.78 is 31.6. The molecule has 1 aromatic rings. The first kappa shape index (κ1) is 15.3. The van der Waals surface area contributed by atoms with E-state index in [0.717, 1.165) is 19.4 Å². The number of nitrogens with one attached hydrogen (secondary N) is 1. The maximum absolute atomic E-state index is 12.2. The van der Waals surface area contributed by atoms with Gasteiger partial charge in [-0.25, -0.2) is 12.7 Å². The Morgan fingerprint density at radius 1 is 1.30 bits per heavy atom. The first-order valence-electron chi connectivity index (χ1n) is 6.78. The lowest BCUT2D eigenvalue weighted by molar-refractivity contribution is 0.0631. The average molecular weight is 298 g/mol.